The van der Waals surface area contributed by atoms with E-state index in [9.17, 15) is 24.0 Å². The summed E-state index contributed by atoms with van der Waals surface area (Å²) in [7, 11) is 1.22. The minimum Gasteiger partial charge on any atom is -0.468 e. The maximum Gasteiger partial charge on any atom is 0.315 e. The second kappa shape index (κ2) is 11.6. The van der Waals surface area contributed by atoms with Crippen LogP contribution in [0.1, 0.15) is 27.7 Å². The third kappa shape index (κ3) is 8.28. The van der Waals surface area contributed by atoms with E-state index in [0.717, 1.165) is 25.6 Å². The first-order valence-corrected chi connectivity index (χ1v) is 9.68. The lowest BCUT2D eigenvalue weighted by atomic mass is 9.97. The molecular weight excluding hydrogens is 410 g/mol. The van der Waals surface area contributed by atoms with Crippen molar-refractivity contribution in [1.29, 1.82) is 0 Å². The van der Waals surface area contributed by atoms with Gasteiger partial charge in [0.2, 0.25) is 5.91 Å². The highest BCUT2D eigenvalue weighted by molar-refractivity contribution is 8.00. The van der Waals surface area contributed by atoms with E-state index >= 15 is 0 Å². The van der Waals surface area contributed by atoms with Crippen molar-refractivity contribution in [3.8, 4) is 0 Å². The molecule has 1 fully saturated rings. The first-order valence-electron chi connectivity index (χ1n) is 8.64. The van der Waals surface area contributed by atoms with E-state index in [4.69, 9.17) is 18.9 Å². The minimum atomic E-state index is -1.16. The highest BCUT2D eigenvalue weighted by Gasteiger charge is 2.51. The first kappa shape index (κ1) is 24.7. The molecule has 1 saturated heterocycles. The smallest absolute Gasteiger partial charge is 0.315 e. The summed E-state index contributed by atoms with van der Waals surface area (Å²) >= 11 is 0.986. The lowest BCUT2D eigenvalue weighted by molar-refractivity contribution is -0.211. The van der Waals surface area contributed by atoms with Crippen molar-refractivity contribution in [2.45, 2.75) is 57.5 Å². The average molecular weight is 435 g/mol. The molecule has 0 saturated carbocycles. The van der Waals surface area contributed by atoms with Crippen molar-refractivity contribution in [1.82, 2.24) is 5.32 Å². The molecule has 164 valence electrons. The van der Waals surface area contributed by atoms with Crippen LogP contribution >= 0.6 is 11.8 Å². The number of nitrogens with one attached hydrogen (secondary N) is 1. The maximum absolute atomic E-state index is 11.7. The lowest BCUT2D eigenvalue weighted by Crippen LogP contribution is -2.65. The molecule has 1 aliphatic rings. The van der Waals surface area contributed by atoms with Crippen LogP contribution in [0.25, 0.3) is 0 Å². The van der Waals surface area contributed by atoms with Gasteiger partial charge >= 0.3 is 23.9 Å². The molecule has 29 heavy (non-hydrogen) atoms. The Balaban J connectivity index is 3.26. The molecule has 12 heteroatoms. The third-order valence-corrected chi connectivity index (χ3v) is 4.80. The summed E-state index contributed by atoms with van der Waals surface area (Å²) in [6.45, 7) is 4.45. The fourth-order valence-electron chi connectivity index (χ4n) is 2.64. The molecule has 0 aliphatic carbocycles. The summed E-state index contributed by atoms with van der Waals surface area (Å²) in [5, 5.41) is 2.60. The zero-order chi connectivity index (χ0) is 22.1. The molecule has 11 nitrogen and oxygen atoms in total. The molecule has 0 spiro atoms. The number of esters is 4. The van der Waals surface area contributed by atoms with Gasteiger partial charge in [-0.1, -0.05) is 0 Å². The predicted octanol–water partition coefficient (Wildman–Crippen LogP) is -0.451. The summed E-state index contributed by atoms with van der Waals surface area (Å²) in [6.07, 6.45) is -3.32. The summed E-state index contributed by atoms with van der Waals surface area (Å²) in [5.41, 5.74) is -0.894. The molecule has 1 rings (SSSR count). The van der Waals surface area contributed by atoms with Crippen LogP contribution in [0, 0.1) is 0 Å². The molecule has 0 aromatic carbocycles. The zero-order valence-electron chi connectivity index (χ0n) is 16.8. The van der Waals surface area contributed by atoms with Crippen molar-refractivity contribution in [2.24, 2.45) is 0 Å². The summed E-state index contributed by atoms with van der Waals surface area (Å²) in [6, 6.07) is -0.955. The molecule has 0 bridgehead atoms. The number of hydrogen-bond donors (Lipinski definition) is 1. The van der Waals surface area contributed by atoms with E-state index in [2.05, 4.69) is 10.1 Å². The van der Waals surface area contributed by atoms with E-state index in [1.54, 1.807) is 0 Å². The summed E-state index contributed by atoms with van der Waals surface area (Å²) < 4.78 is 26.1. The van der Waals surface area contributed by atoms with E-state index in [1.807, 2.05) is 0 Å². The molecular formula is C17H25NO10S. The maximum atomic E-state index is 11.7. The Morgan fingerprint density at radius 3 is 2.00 bits per heavy atom. The molecule has 1 N–H and O–H groups in total. The fraction of sp³-hybridized carbons (Fsp3) is 0.706. The van der Waals surface area contributed by atoms with Crippen molar-refractivity contribution < 1.29 is 47.7 Å². The number of methoxy groups -OCH3 is 1. The highest BCUT2D eigenvalue weighted by Crippen LogP contribution is 2.32. The van der Waals surface area contributed by atoms with E-state index in [0.29, 0.717) is 0 Å². The number of thioether (sulfide) groups is 1. The van der Waals surface area contributed by atoms with Gasteiger partial charge in [0.05, 0.1) is 12.9 Å². The topological polar surface area (TPSA) is 144 Å². The van der Waals surface area contributed by atoms with Gasteiger partial charge in [-0.05, 0) is 0 Å². The van der Waals surface area contributed by atoms with Crippen molar-refractivity contribution >= 4 is 41.5 Å². The van der Waals surface area contributed by atoms with Gasteiger partial charge in [0.25, 0.3) is 0 Å². The molecule has 0 radical (unpaired) electrons. The fourth-order valence-corrected chi connectivity index (χ4v) is 3.71. The van der Waals surface area contributed by atoms with Crippen LogP contribution in [0.15, 0.2) is 0 Å². The summed E-state index contributed by atoms with van der Waals surface area (Å²) in [5.74, 6) is -3.09. The molecule has 0 unspecified atom stereocenters. The molecule has 5 atom stereocenters. The average Bonchev–Trinajstić information content (AvgIpc) is 2.60. The van der Waals surface area contributed by atoms with Crippen molar-refractivity contribution in [3.05, 3.63) is 0 Å². The Morgan fingerprint density at radius 1 is 0.931 bits per heavy atom. The lowest BCUT2D eigenvalue weighted by Gasteiger charge is -2.45. The van der Waals surface area contributed by atoms with Crippen LogP contribution in [0.3, 0.4) is 0 Å². The van der Waals surface area contributed by atoms with Crippen LogP contribution in [0.4, 0.5) is 0 Å². The van der Waals surface area contributed by atoms with Gasteiger partial charge in [0.1, 0.15) is 24.2 Å². The van der Waals surface area contributed by atoms with Crippen LogP contribution in [0.2, 0.25) is 0 Å². The Labute approximate surface area is 172 Å². The van der Waals surface area contributed by atoms with Gasteiger partial charge in [-0.3, -0.25) is 24.0 Å². The van der Waals surface area contributed by atoms with Crippen LogP contribution in [0.5, 0.6) is 0 Å². The monoisotopic (exact) mass is 435 g/mol. The zero-order valence-corrected chi connectivity index (χ0v) is 17.6. The number of ether oxygens (including phenoxy) is 5. The summed E-state index contributed by atoms with van der Waals surface area (Å²) in [4.78, 5) is 57.8. The molecule has 1 aliphatic heterocycles. The van der Waals surface area contributed by atoms with Gasteiger partial charge in [-0.25, -0.2) is 0 Å². The van der Waals surface area contributed by atoms with Crippen LogP contribution < -0.4 is 5.32 Å². The SMILES string of the molecule is COC(=O)CS[C@H]1O[C@@H](COC(C)=O)[C@H](OC(C)=O)[C@@H](OC(C)=O)[C@@H]1NC(C)=O. The Bertz CT molecular complexity index is 640. The molecule has 1 heterocycles. The van der Waals surface area contributed by atoms with E-state index in [1.165, 1.54) is 21.0 Å². The second-order valence-corrected chi connectivity index (χ2v) is 7.19. The second-order valence-electron chi connectivity index (χ2n) is 6.11. The Kier molecular flexibility index (Phi) is 9.89. The normalized spacial score (nSPS) is 26.0. The van der Waals surface area contributed by atoms with E-state index < -0.39 is 59.6 Å². The van der Waals surface area contributed by atoms with Crippen molar-refractivity contribution in [3.63, 3.8) is 0 Å². The van der Waals surface area contributed by atoms with Gasteiger partial charge in [-0.2, -0.15) is 0 Å². The number of carbonyl (C=O) groups excluding carboxylic acids is 5. The van der Waals surface area contributed by atoms with Gasteiger partial charge < -0.3 is 29.0 Å². The number of rotatable bonds is 8. The number of hydrogen-bond acceptors (Lipinski definition) is 11. The van der Waals surface area contributed by atoms with E-state index in [-0.39, 0.29) is 12.4 Å². The van der Waals surface area contributed by atoms with Crippen LogP contribution in [-0.4, -0.2) is 79.0 Å². The third-order valence-electron chi connectivity index (χ3n) is 3.66. The number of carbonyl (C=O) groups is 5. The molecule has 1 amide bonds. The van der Waals surface area contributed by atoms with Gasteiger partial charge in [-0.15, -0.1) is 11.8 Å². The van der Waals surface area contributed by atoms with Gasteiger partial charge in [0, 0.05) is 27.7 Å². The number of amides is 1. The predicted molar refractivity (Wildman–Crippen MR) is 98.5 cm³/mol. The standard InChI is InChI=1S/C17H25NO10S/c1-8(19)18-14-16(27-11(4)22)15(26-10(3)21)12(6-25-9(2)20)28-17(14)29-7-13(23)24-5/h12,14-17H,6-7H2,1-5H3,(H,18,19)/t12-,14-,15-,16-,17+/m0/s1. The molecule has 0 aromatic rings. The van der Waals surface area contributed by atoms with Gasteiger partial charge in [0.15, 0.2) is 12.2 Å². The van der Waals surface area contributed by atoms with Crippen molar-refractivity contribution in [2.75, 3.05) is 19.5 Å². The quantitative estimate of drug-likeness (QED) is 0.391. The largest absolute Gasteiger partial charge is 0.468 e. The van der Waals surface area contributed by atoms with Crippen LogP contribution in [-0.2, 0) is 47.7 Å². The minimum absolute atomic E-state index is 0.122. The molecule has 0 aromatic heterocycles. The Hall–Kier alpha value is -2.34. The Morgan fingerprint density at radius 2 is 1.52 bits per heavy atom. The first-order chi connectivity index (χ1) is 13.5. The highest BCUT2D eigenvalue weighted by atomic mass is 32.2.